The van der Waals surface area contributed by atoms with Crippen molar-refractivity contribution in [2.75, 3.05) is 70.4 Å². The number of piperidine rings is 1. The van der Waals surface area contributed by atoms with Crippen LogP contribution in [0.3, 0.4) is 0 Å². The Morgan fingerprint density at radius 3 is 2.56 bits per heavy atom. The van der Waals surface area contributed by atoms with Crippen molar-refractivity contribution < 1.29 is 36.2 Å². The summed E-state index contributed by atoms with van der Waals surface area (Å²) in [6.45, 7) is 1.28. The monoisotopic (exact) mass is 666 g/mol. The second-order valence-corrected chi connectivity index (χ2v) is 14.1. The van der Waals surface area contributed by atoms with Crippen molar-refractivity contribution in [3.05, 3.63) is 46.8 Å². The fraction of sp³-hybridized carbons (Fsp3) is 0.452. The molecule has 1 aromatic heterocycles. The molecule has 2 heterocycles. The van der Waals surface area contributed by atoms with Gasteiger partial charge in [-0.05, 0) is 56.1 Å². The van der Waals surface area contributed by atoms with Gasteiger partial charge in [0.05, 0.1) is 52.0 Å². The highest BCUT2D eigenvalue weighted by Gasteiger charge is 2.31. The Bertz CT molecular complexity index is 1670. The molecule has 0 bridgehead atoms. The SMILES string of the molecule is CN(C)CC(=O)N1CCC(Nc2cccc3c(CC(F)(F)F)c(C#CCNc4ccc(S(C)(=O)=O)cc4OCCO)sc23)CC1. The third-order valence-corrected chi connectivity index (χ3v) is 9.46. The van der Waals surface area contributed by atoms with Crippen molar-refractivity contribution in [3.63, 3.8) is 0 Å². The number of aliphatic hydroxyl groups is 1. The minimum absolute atomic E-state index is 0.0434. The van der Waals surface area contributed by atoms with Crippen LogP contribution in [0.1, 0.15) is 23.3 Å². The minimum Gasteiger partial charge on any atom is -0.489 e. The highest BCUT2D eigenvalue weighted by atomic mass is 32.2. The highest BCUT2D eigenvalue weighted by molar-refractivity contribution is 7.90. The average Bonchev–Trinajstić information content (AvgIpc) is 3.30. The molecule has 1 saturated heterocycles. The van der Waals surface area contributed by atoms with Crippen LogP contribution in [-0.2, 0) is 21.1 Å². The topological polar surface area (TPSA) is 111 Å². The number of benzene rings is 2. The number of hydrogen-bond acceptors (Lipinski definition) is 9. The van der Waals surface area contributed by atoms with Crippen LogP contribution in [0, 0.1) is 11.8 Å². The lowest BCUT2D eigenvalue weighted by atomic mass is 10.0. The van der Waals surface area contributed by atoms with E-state index >= 15 is 0 Å². The van der Waals surface area contributed by atoms with Gasteiger partial charge in [-0.25, -0.2) is 8.42 Å². The second kappa shape index (κ2) is 14.7. The number of carbonyl (C=O) groups is 1. The predicted molar refractivity (Wildman–Crippen MR) is 171 cm³/mol. The molecular formula is C31H37F3N4O5S2. The predicted octanol–water partition coefficient (Wildman–Crippen LogP) is 4.21. The number of thiophene rings is 1. The molecule has 0 spiro atoms. The van der Waals surface area contributed by atoms with Gasteiger partial charge in [-0.3, -0.25) is 4.79 Å². The molecule has 2 aromatic carbocycles. The summed E-state index contributed by atoms with van der Waals surface area (Å²) in [7, 11) is 0.205. The number of sulfone groups is 1. The molecule has 3 aromatic rings. The normalized spacial score (nSPS) is 14.4. The first kappa shape index (κ1) is 34.4. The van der Waals surface area contributed by atoms with Gasteiger partial charge in [0.1, 0.15) is 12.4 Å². The van der Waals surface area contributed by atoms with Gasteiger partial charge in [0.25, 0.3) is 0 Å². The zero-order chi connectivity index (χ0) is 32.8. The number of nitrogens with zero attached hydrogens (tertiary/aromatic N) is 2. The molecule has 0 radical (unpaired) electrons. The Morgan fingerprint density at radius 1 is 1.18 bits per heavy atom. The number of hydrogen-bond donors (Lipinski definition) is 3. The maximum absolute atomic E-state index is 13.7. The number of nitrogens with one attached hydrogen (secondary N) is 2. The number of ether oxygens (including phenoxy) is 1. The van der Waals surface area contributed by atoms with Crippen LogP contribution in [0.25, 0.3) is 10.1 Å². The number of amides is 1. The lowest BCUT2D eigenvalue weighted by molar-refractivity contribution is -0.132. The largest absolute Gasteiger partial charge is 0.489 e. The van der Waals surface area contributed by atoms with Crippen molar-refractivity contribution in [1.82, 2.24) is 9.80 Å². The Kier molecular flexibility index (Phi) is 11.2. The van der Waals surface area contributed by atoms with E-state index in [2.05, 4.69) is 22.5 Å². The molecule has 0 unspecified atom stereocenters. The molecule has 0 saturated carbocycles. The molecule has 45 heavy (non-hydrogen) atoms. The van der Waals surface area contributed by atoms with E-state index in [0.29, 0.717) is 40.3 Å². The van der Waals surface area contributed by atoms with E-state index in [9.17, 15) is 26.4 Å². The van der Waals surface area contributed by atoms with Crippen molar-refractivity contribution in [2.24, 2.45) is 0 Å². The zero-order valence-corrected chi connectivity index (χ0v) is 27.0. The molecule has 14 heteroatoms. The number of likely N-dealkylation sites (N-methyl/N-ethyl adjacent to an activating group) is 1. The van der Waals surface area contributed by atoms with Crippen LogP contribution < -0.4 is 15.4 Å². The van der Waals surface area contributed by atoms with E-state index < -0.39 is 22.4 Å². The van der Waals surface area contributed by atoms with Gasteiger partial charge in [0.2, 0.25) is 5.91 Å². The number of aliphatic hydroxyl groups excluding tert-OH is 1. The molecule has 3 N–H and O–H groups in total. The summed E-state index contributed by atoms with van der Waals surface area (Å²) in [5.41, 5.74) is 1.28. The van der Waals surface area contributed by atoms with Crippen LogP contribution in [0.2, 0.25) is 0 Å². The van der Waals surface area contributed by atoms with Crippen LogP contribution >= 0.6 is 11.3 Å². The summed E-state index contributed by atoms with van der Waals surface area (Å²) in [6, 6.07) is 9.60. The Morgan fingerprint density at radius 2 is 1.91 bits per heavy atom. The van der Waals surface area contributed by atoms with E-state index in [1.165, 1.54) is 29.5 Å². The maximum atomic E-state index is 13.7. The lowest BCUT2D eigenvalue weighted by Crippen LogP contribution is -2.45. The van der Waals surface area contributed by atoms with Gasteiger partial charge in [-0.1, -0.05) is 24.0 Å². The Labute approximate surface area is 265 Å². The standard InChI is InChI=1S/C31H37F3N4O5S2/c1-37(2)20-29(40)38-14-11-21(12-15-38)36-26-7-4-6-23-24(19-31(32,33)34)28(44-30(23)26)8-5-13-35-25-10-9-22(45(3,41)42)18-27(25)43-17-16-39/h4,6-7,9-10,18,21,35-36,39H,11-17,19-20H2,1-3H3. The molecule has 244 valence electrons. The number of likely N-dealkylation sites (tertiary alicyclic amines) is 1. The van der Waals surface area contributed by atoms with Crippen molar-refractivity contribution in [1.29, 1.82) is 0 Å². The van der Waals surface area contributed by atoms with Gasteiger partial charge in [0.15, 0.2) is 9.84 Å². The maximum Gasteiger partial charge on any atom is 0.393 e. The number of halogens is 3. The van der Waals surface area contributed by atoms with Crippen molar-refractivity contribution in [2.45, 2.75) is 36.4 Å². The van der Waals surface area contributed by atoms with Gasteiger partial charge in [-0.15, -0.1) is 11.3 Å². The third kappa shape index (κ3) is 9.49. The van der Waals surface area contributed by atoms with E-state index in [-0.39, 0.29) is 47.9 Å². The fourth-order valence-corrected chi connectivity index (χ4v) is 6.85. The molecular weight excluding hydrogens is 629 g/mol. The molecule has 1 aliphatic rings. The number of fused-ring (bicyclic) bond motifs is 1. The summed E-state index contributed by atoms with van der Waals surface area (Å²) in [5.74, 6) is 6.09. The highest BCUT2D eigenvalue weighted by Crippen LogP contribution is 2.39. The lowest BCUT2D eigenvalue weighted by Gasteiger charge is -2.33. The summed E-state index contributed by atoms with van der Waals surface area (Å²) < 4.78 is 71.1. The van der Waals surface area contributed by atoms with Gasteiger partial charge in [0, 0.05) is 31.5 Å². The summed E-state index contributed by atoms with van der Waals surface area (Å²) in [6.07, 6.45) is -3.03. The minimum atomic E-state index is -4.43. The van der Waals surface area contributed by atoms with Gasteiger partial charge < -0.3 is 30.3 Å². The van der Waals surface area contributed by atoms with E-state index in [4.69, 9.17) is 9.84 Å². The molecule has 0 atom stereocenters. The smallest absolute Gasteiger partial charge is 0.393 e. The average molecular weight is 667 g/mol. The van der Waals surface area contributed by atoms with Gasteiger partial charge >= 0.3 is 6.18 Å². The second-order valence-electron chi connectivity index (χ2n) is 11.1. The molecule has 1 aliphatic heterocycles. The molecule has 0 aliphatic carbocycles. The van der Waals surface area contributed by atoms with Gasteiger partial charge in [-0.2, -0.15) is 13.2 Å². The fourth-order valence-electron chi connectivity index (χ4n) is 5.04. The van der Waals surface area contributed by atoms with Crippen LogP contribution in [0.5, 0.6) is 5.75 Å². The first-order valence-electron chi connectivity index (χ1n) is 14.4. The first-order valence-corrected chi connectivity index (χ1v) is 17.1. The molecule has 4 rings (SSSR count). The molecule has 1 fully saturated rings. The van der Waals surface area contributed by atoms with E-state index in [1.54, 1.807) is 12.1 Å². The number of anilines is 2. The Hall–Kier alpha value is -3.51. The molecule has 1 amide bonds. The zero-order valence-electron chi connectivity index (χ0n) is 25.3. The quantitative estimate of drug-likeness (QED) is 0.261. The summed E-state index contributed by atoms with van der Waals surface area (Å²) in [5, 5.41) is 16.2. The summed E-state index contributed by atoms with van der Waals surface area (Å²) in [4.78, 5) is 16.5. The van der Waals surface area contributed by atoms with Crippen molar-refractivity contribution in [3.8, 4) is 17.6 Å². The van der Waals surface area contributed by atoms with Crippen LogP contribution in [0.4, 0.5) is 24.5 Å². The van der Waals surface area contributed by atoms with E-state index in [1.807, 2.05) is 30.0 Å². The number of rotatable bonds is 11. The first-order chi connectivity index (χ1) is 21.2. The van der Waals surface area contributed by atoms with Crippen LogP contribution in [-0.4, -0.2) is 101 Å². The summed E-state index contributed by atoms with van der Waals surface area (Å²) >= 11 is 1.20. The van der Waals surface area contributed by atoms with Crippen LogP contribution in [0.15, 0.2) is 41.3 Å². The van der Waals surface area contributed by atoms with E-state index in [0.717, 1.165) is 24.8 Å². The van der Waals surface area contributed by atoms with Crippen molar-refractivity contribution >= 4 is 48.5 Å². The molecule has 9 nitrogen and oxygen atoms in total. The number of carbonyl (C=O) groups excluding carboxylic acids is 1. The number of alkyl halides is 3. The Balaban J connectivity index is 1.54. The third-order valence-electron chi connectivity index (χ3n) is 7.15.